The van der Waals surface area contributed by atoms with Crippen LogP contribution in [0, 0.1) is 0 Å². The molecule has 0 bridgehead atoms. The quantitative estimate of drug-likeness (QED) is 0.484. The second-order valence-electron chi connectivity index (χ2n) is 5.75. The van der Waals surface area contributed by atoms with Crippen molar-refractivity contribution in [3.05, 3.63) is 29.5 Å². The monoisotopic (exact) mass is 445 g/mol. The molecule has 0 saturated heterocycles. The molecule has 0 atom stereocenters. The van der Waals surface area contributed by atoms with Gasteiger partial charge in [-0.25, -0.2) is 17.9 Å². The van der Waals surface area contributed by atoms with Gasteiger partial charge in [0.2, 0.25) is 17.2 Å². The Labute approximate surface area is 174 Å². The molecule has 13 heteroatoms. The summed E-state index contributed by atoms with van der Waals surface area (Å²) in [4.78, 5) is 22.7. The van der Waals surface area contributed by atoms with Crippen molar-refractivity contribution in [2.45, 2.75) is 31.7 Å². The fourth-order valence-electron chi connectivity index (χ4n) is 1.77. The largest absolute Gasteiger partial charge is 0.452 e. The number of hydrogen-bond acceptors (Lipinski definition) is 10. The lowest BCUT2D eigenvalue weighted by atomic mass is 10.3. The molecule has 0 aliphatic heterocycles. The average Bonchev–Trinajstić information content (AvgIpc) is 2.61. The van der Waals surface area contributed by atoms with Gasteiger partial charge in [-0.1, -0.05) is 0 Å². The number of anilines is 3. The van der Waals surface area contributed by atoms with Crippen LogP contribution < -0.4 is 21.1 Å². The summed E-state index contributed by atoms with van der Waals surface area (Å²) < 4.78 is 28.8. The molecule has 0 radical (unpaired) electrons. The van der Waals surface area contributed by atoms with Crippen molar-refractivity contribution in [1.29, 1.82) is 0 Å². The van der Waals surface area contributed by atoms with E-state index in [1.807, 2.05) is 20.8 Å². The summed E-state index contributed by atoms with van der Waals surface area (Å²) in [6.45, 7) is 6.73. The lowest BCUT2D eigenvalue weighted by molar-refractivity contribution is 0.177. The highest BCUT2D eigenvalue weighted by molar-refractivity contribution is 7.90. The second-order valence-corrected chi connectivity index (χ2v) is 7.77. The molecule has 11 nitrogen and oxygen atoms in total. The maximum Gasteiger partial charge on any atom is 0.420 e. The maximum atomic E-state index is 11.5. The van der Waals surface area contributed by atoms with E-state index in [0.717, 1.165) is 13.7 Å². The van der Waals surface area contributed by atoms with Gasteiger partial charge in [0, 0.05) is 18.3 Å². The Morgan fingerprint density at radius 3 is 2.28 bits per heavy atom. The molecule has 1 aromatic heterocycles. The summed E-state index contributed by atoms with van der Waals surface area (Å²) in [5.74, 6) is 0.992. The van der Waals surface area contributed by atoms with E-state index in [-0.39, 0.29) is 16.2 Å². The number of halogens is 1. The summed E-state index contributed by atoms with van der Waals surface area (Å²) in [6, 6.07) is 5.70. The van der Waals surface area contributed by atoms with Crippen LogP contribution in [-0.2, 0) is 14.8 Å². The number of rotatable bonds is 6. The molecule has 0 aliphatic rings. The molecule has 0 fully saturated rings. The summed E-state index contributed by atoms with van der Waals surface area (Å²) in [7, 11) is -2.79. The molecular formula is C16H24ClN7O4S. The number of ether oxygens (including phenoxy) is 1. The minimum atomic E-state index is -3.87. The normalized spacial score (nSPS) is 10.6. The average molecular weight is 446 g/mol. The van der Waals surface area contributed by atoms with Crippen LogP contribution in [0.1, 0.15) is 20.8 Å². The van der Waals surface area contributed by atoms with Crippen molar-refractivity contribution >= 4 is 45.3 Å². The smallest absolute Gasteiger partial charge is 0.420 e. The van der Waals surface area contributed by atoms with Crippen LogP contribution >= 0.6 is 11.6 Å². The zero-order valence-electron chi connectivity index (χ0n) is 16.4. The Hall–Kier alpha value is -2.86. The number of amides is 1. The van der Waals surface area contributed by atoms with Crippen LogP contribution in [0.2, 0.25) is 5.28 Å². The first-order valence-corrected chi connectivity index (χ1v) is 10.3. The zero-order chi connectivity index (χ0) is 22.0. The standard InChI is InChI=1S/C8H14ClN5.C8H10N2O4S/c1-4-10-7-12-6(9)13-8(14-7)11-5(2)3;1-14-8(11)10-15(12,13)7-4-2-6(9)3-5-7/h5H,4H2,1-3H3,(H2,10,11,12,13,14);2-5H,9H2,1H3,(H,10,11). The van der Waals surface area contributed by atoms with E-state index in [1.165, 1.54) is 24.3 Å². The number of hydrogen-bond donors (Lipinski definition) is 4. The summed E-state index contributed by atoms with van der Waals surface area (Å²) >= 11 is 5.73. The van der Waals surface area contributed by atoms with Gasteiger partial charge >= 0.3 is 6.09 Å². The molecule has 0 spiro atoms. The minimum Gasteiger partial charge on any atom is -0.452 e. The van der Waals surface area contributed by atoms with Gasteiger partial charge in [0.1, 0.15) is 0 Å². The van der Waals surface area contributed by atoms with Crippen LogP contribution in [0.25, 0.3) is 0 Å². The van der Waals surface area contributed by atoms with Crippen molar-refractivity contribution in [2.75, 3.05) is 30.0 Å². The van der Waals surface area contributed by atoms with E-state index in [4.69, 9.17) is 17.3 Å². The van der Waals surface area contributed by atoms with Gasteiger partial charge in [0.25, 0.3) is 10.0 Å². The molecule has 1 heterocycles. The van der Waals surface area contributed by atoms with Crippen LogP contribution in [0.5, 0.6) is 0 Å². The van der Waals surface area contributed by atoms with E-state index >= 15 is 0 Å². The summed E-state index contributed by atoms with van der Waals surface area (Å²) in [5, 5.41) is 6.23. The third-order valence-corrected chi connectivity index (χ3v) is 4.45. The molecule has 29 heavy (non-hydrogen) atoms. The van der Waals surface area contributed by atoms with E-state index in [1.54, 1.807) is 4.72 Å². The van der Waals surface area contributed by atoms with Gasteiger partial charge in [0.05, 0.1) is 12.0 Å². The Balaban J connectivity index is 0.000000291. The molecule has 160 valence electrons. The summed E-state index contributed by atoms with van der Waals surface area (Å²) in [5.41, 5.74) is 5.83. The molecule has 2 rings (SSSR count). The first-order chi connectivity index (χ1) is 13.6. The first kappa shape index (κ1) is 24.2. The number of nitrogens with one attached hydrogen (secondary N) is 3. The number of nitrogens with zero attached hydrogens (tertiary/aromatic N) is 3. The number of aromatic nitrogens is 3. The Morgan fingerprint density at radius 2 is 1.76 bits per heavy atom. The molecular weight excluding hydrogens is 422 g/mol. The number of nitrogens with two attached hydrogens (primary N) is 1. The summed E-state index contributed by atoms with van der Waals surface area (Å²) in [6.07, 6.45) is -1.04. The minimum absolute atomic E-state index is 0.0536. The lowest BCUT2D eigenvalue weighted by Gasteiger charge is -2.09. The number of carbonyl (C=O) groups is 1. The number of benzene rings is 1. The SMILES string of the molecule is CCNc1nc(Cl)nc(NC(C)C)n1.COC(=O)NS(=O)(=O)c1ccc(N)cc1. The third kappa shape index (κ3) is 8.79. The highest BCUT2D eigenvalue weighted by Crippen LogP contribution is 2.11. The van der Waals surface area contributed by atoms with E-state index in [9.17, 15) is 13.2 Å². The van der Waals surface area contributed by atoms with Gasteiger partial charge in [-0.05, 0) is 56.6 Å². The number of carbonyl (C=O) groups excluding carboxylic acids is 1. The zero-order valence-corrected chi connectivity index (χ0v) is 18.0. The van der Waals surface area contributed by atoms with E-state index in [0.29, 0.717) is 17.6 Å². The van der Waals surface area contributed by atoms with Crippen molar-refractivity contribution < 1.29 is 17.9 Å². The van der Waals surface area contributed by atoms with Gasteiger partial charge in [0.15, 0.2) is 0 Å². The van der Waals surface area contributed by atoms with Crippen LogP contribution in [0.3, 0.4) is 0 Å². The first-order valence-electron chi connectivity index (χ1n) is 8.45. The number of nitrogen functional groups attached to an aromatic ring is 1. The Morgan fingerprint density at radius 1 is 1.17 bits per heavy atom. The Bertz CT molecular complexity index is 908. The molecule has 0 unspecified atom stereocenters. The predicted molar refractivity (Wildman–Crippen MR) is 111 cm³/mol. The molecule has 5 N–H and O–H groups in total. The van der Waals surface area contributed by atoms with Gasteiger partial charge in [-0.15, -0.1) is 0 Å². The fraction of sp³-hybridized carbons (Fsp3) is 0.375. The molecule has 2 aromatic rings. The van der Waals surface area contributed by atoms with Gasteiger partial charge in [-0.3, -0.25) is 0 Å². The molecule has 1 aromatic carbocycles. The maximum absolute atomic E-state index is 11.5. The number of sulfonamides is 1. The van der Waals surface area contributed by atoms with Crippen molar-refractivity contribution in [3.63, 3.8) is 0 Å². The van der Waals surface area contributed by atoms with Crippen molar-refractivity contribution in [1.82, 2.24) is 19.7 Å². The van der Waals surface area contributed by atoms with Gasteiger partial charge < -0.3 is 21.1 Å². The highest BCUT2D eigenvalue weighted by Gasteiger charge is 2.17. The third-order valence-electron chi connectivity index (χ3n) is 2.95. The van der Waals surface area contributed by atoms with Gasteiger partial charge in [-0.2, -0.15) is 15.0 Å². The van der Waals surface area contributed by atoms with Crippen molar-refractivity contribution in [2.24, 2.45) is 0 Å². The molecule has 0 aliphatic carbocycles. The van der Waals surface area contributed by atoms with E-state index < -0.39 is 16.1 Å². The van der Waals surface area contributed by atoms with Crippen LogP contribution in [-0.4, -0.2) is 49.2 Å². The van der Waals surface area contributed by atoms with Crippen molar-refractivity contribution in [3.8, 4) is 0 Å². The number of methoxy groups -OCH3 is 1. The lowest BCUT2D eigenvalue weighted by Crippen LogP contribution is -2.30. The van der Waals surface area contributed by atoms with Crippen LogP contribution in [0.4, 0.5) is 22.4 Å². The predicted octanol–water partition coefficient (Wildman–Crippen LogP) is 2.09. The van der Waals surface area contributed by atoms with E-state index in [2.05, 4.69) is 30.3 Å². The molecule has 1 amide bonds. The molecule has 0 saturated carbocycles. The Kier molecular flexibility index (Phi) is 9.35. The fourth-order valence-corrected chi connectivity index (χ4v) is 2.84. The topological polar surface area (TPSA) is 161 Å². The highest BCUT2D eigenvalue weighted by atomic mass is 35.5. The van der Waals surface area contributed by atoms with Crippen LogP contribution in [0.15, 0.2) is 29.2 Å². The second kappa shape index (κ2) is 11.2.